The lowest BCUT2D eigenvalue weighted by Gasteiger charge is -2.15. The maximum absolute atomic E-state index is 6.49. The molecule has 0 saturated heterocycles. The molecule has 11 aromatic rings. The number of nitrogens with zero attached hydrogens (tertiary/aromatic N) is 4. The second kappa shape index (κ2) is 13.0. The molecule has 0 N–H and O–H groups in total. The predicted molar refractivity (Wildman–Crippen MR) is 229 cm³/mol. The molecule has 0 aliphatic rings. The van der Waals surface area contributed by atoms with Crippen molar-refractivity contribution in [1.29, 1.82) is 0 Å². The van der Waals surface area contributed by atoms with Crippen molar-refractivity contribution in [2.45, 2.75) is 0 Å². The maximum Gasteiger partial charge on any atom is 0.164 e. The van der Waals surface area contributed by atoms with Crippen molar-refractivity contribution in [2.75, 3.05) is 0 Å². The van der Waals surface area contributed by atoms with Crippen LogP contribution in [-0.4, -0.2) is 19.5 Å². The van der Waals surface area contributed by atoms with Gasteiger partial charge in [-0.1, -0.05) is 158 Å². The first-order valence-corrected chi connectivity index (χ1v) is 18.8. The van der Waals surface area contributed by atoms with Gasteiger partial charge < -0.3 is 8.98 Å². The molecule has 0 bridgehead atoms. The lowest BCUT2D eigenvalue weighted by molar-refractivity contribution is 0.670. The van der Waals surface area contributed by atoms with Gasteiger partial charge in [0, 0.05) is 49.5 Å². The van der Waals surface area contributed by atoms with Gasteiger partial charge in [-0.3, -0.25) is 0 Å². The third-order valence-electron chi connectivity index (χ3n) is 10.7. The normalized spacial score (nSPS) is 11.6. The van der Waals surface area contributed by atoms with Gasteiger partial charge in [-0.05, 0) is 53.1 Å². The summed E-state index contributed by atoms with van der Waals surface area (Å²) < 4.78 is 8.87. The summed E-state index contributed by atoms with van der Waals surface area (Å²) >= 11 is 0. The molecule has 11 rings (SSSR count). The van der Waals surface area contributed by atoms with E-state index >= 15 is 0 Å². The molecule has 3 heterocycles. The van der Waals surface area contributed by atoms with Gasteiger partial charge >= 0.3 is 0 Å². The van der Waals surface area contributed by atoms with E-state index in [4.69, 9.17) is 19.4 Å². The Labute approximate surface area is 322 Å². The van der Waals surface area contributed by atoms with Gasteiger partial charge in [0.25, 0.3) is 0 Å². The van der Waals surface area contributed by atoms with Crippen LogP contribution in [-0.2, 0) is 0 Å². The highest BCUT2D eigenvalue weighted by atomic mass is 16.3. The molecule has 5 nitrogen and oxygen atoms in total. The molecule has 3 aromatic heterocycles. The number of benzene rings is 8. The number of para-hydroxylation sites is 3. The fourth-order valence-corrected chi connectivity index (χ4v) is 8.04. The Morgan fingerprint density at radius 1 is 0.339 bits per heavy atom. The monoisotopic (exact) mass is 716 g/mol. The first kappa shape index (κ1) is 31.9. The predicted octanol–water partition coefficient (Wildman–Crippen LogP) is 13.2. The molecule has 0 spiro atoms. The van der Waals surface area contributed by atoms with E-state index in [1.165, 1.54) is 10.8 Å². The van der Waals surface area contributed by atoms with E-state index in [1.807, 2.05) is 78.9 Å². The minimum Gasteiger partial charge on any atom is -0.455 e. The Kier molecular flexibility index (Phi) is 7.42. The van der Waals surface area contributed by atoms with Crippen LogP contribution in [0.2, 0.25) is 0 Å². The molecule has 0 fully saturated rings. The summed E-state index contributed by atoms with van der Waals surface area (Å²) in [6, 6.07) is 67.5. The molecule has 0 saturated carbocycles. The number of hydrogen-bond acceptors (Lipinski definition) is 4. The average molecular weight is 717 g/mol. The van der Waals surface area contributed by atoms with Crippen molar-refractivity contribution in [3.63, 3.8) is 0 Å². The van der Waals surface area contributed by atoms with Gasteiger partial charge in [0.2, 0.25) is 0 Å². The number of fused-ring (bicyclic) bond motifs is 6. The molecular formula is C51H32N4O. The molecule has 0 unspecified atom stereocenters. The van der Waals surface area contributed by atoms with Crippen molar-refractivity contribution in [3.05, 3.63) is 194 Å². The Morgan fingerprint density at radius 3 is 1.66 bits per heavy atom. The lowest BCUT2D eigenvalue weighted by atomic mass is 9.98. The second-order valence-corrected chi connectivity index (χ2v) is 14.0. The van der Waals surface area contributed by atoms with E-state index in [-0.39, 0.29) is 0 Å². The number of furan rings is 1. The highest BCUT2D eigenvalue weighted by Gasteiger charge is 2.20. The third-order valence-corrected chi connectivity index (χ3v) is 10.7. The summed E-state index contributed by atoms with van der Waals surface area (Å²) in [5, 5.41) is 4.62. The Bertz CT molecular complexity index is 3180. The summed E-state index contributed by atoms with van der Waals surface area (Å²) in [6.45, 7) is 0. The van der Waals surface area contributed by atoms with Crippen LogP contribution in [0.5, 0.6) is 0 Å². The zero-order valence-corrected chi connectivity index (χ0v) is 30.2. The van der Waals surface area contributed by atoms with Gasteiger partial charge in [0.15, 0.2) is 17.5 Å². The zero-order valence-electron chi connectivity index (χ0n) is 30.2. The van der Waals surface area contributed by atoms with Gasteiger partial charge in [0.1, 0.15) is 11.2 Å². The van der Waals surface area contributed by atoms with Crippen LogP contribution in [0.3, 0.4) is 0 Å². The van der Waals surface area contributed by atoms with Crippen LogP contribution < -0.4 is 0 Å². The van der Waals surface area contributed by atoms with Crippen LogP contribution in [0.25, 0.3) is 106 Å². The molecular weight excluding hydrogens is 685 g/mol. The Morgan fingerprint density at radius 2 is 0.929 bits per heavy atom. The van der Waals surface area contributed by atoms with E-state index in [1.54, 1.807) is 0 Å². The Balaban J connectivity index is 1.14. The smallest absolute Gasteiger partial charge is 0.164 e. The summed E-state index contributed by atoms with van der Waals surface area (Å²) in [5.41, 5.74) is 12.1. The average Bonchev–Trinajstić information content (AvgIpc) is 3.83. The minimum absolute atomic E-state index is 0.617. The number of aromatic nitrogens is 4. The van der Waals surface area contributed by atoms with Crippen LogP contribution in [0, 0.1) is 0 Å². The molecule has 0 aliphatic heterocycles. The quantitative estimate of drug-likeness (QED) is 0.172. The molecule has 262 valence electrons. The second-order valence-electron chi connectivity index (χ2n) is 14.0. The lowest BCUT2D eigenvalue weighted by Crippen LogP contribution is -2.02. The first-order valence-electron chi connectivity index (χ1n) is 18.8. The standard InChI is InChI=1S/C51H32N4O/c1-4-15-33(16-5-1)44-32-37(28-30-43(44)51-53-49(34-17-6-2-7-18-34)52-50(54-51)35-19-8-3-9-20-35)55-45-25-12-10-21-39(45)40-29-27-36(31-46(40)55)38-23-14-24-42-41-22-11-13-26-47(41)56-48(38)42/h1-32H. The molecule has 0 radical (unpaired) electrons. The van der Waals surface area contributed by atoms with Crippen molar-refractivity contribution in [3.8, 4) is 62.1 Å². The van der Waals surface area contributed by atoms with Crippen molar-refractivity contribution in [2.24, 2.45) is 0 Å². The van der Waals surface area contributed by atoms with Gasteiger partial charge in [-0.15, -0.1) is 0 Å². The summed E-state index contributed by atoms with van der Waals surface area (Å²) in [6.07, 6.45) is 0. The first-order chi connectivity index (χ1) is 27.8. The van der Waals surface area contributed by atoms with E-state index in [2.05, 4.69) is 120 Å². The molecule has 8 aromatic carbocycles. The van der Waals surface area contributed by atoms with Crippen LogP contribution in [0.4, 0.5) is 0 Å². The molecule has 56 heavy (non-hydrogen) atoms. The fraction of sp³-hybridized carbons (Fsp3) is 0. The highest BCUT2D eigenvalue weighted by Crippen LogP contribution is 2.41. The van der Waals surface area contributed by atoms with Crippen LogP contribution in [0.1, 0.15) is 0 Å². The van der Waals surface area contributed by atoms with E-state index in [0.29, 0.717) is 17.5 Å². The molecule has 0 atom stereocenters. The van der Waals surface area contributed by atoms with Gasteiger partial charge in [0.05, 0.1) is 11.0 Å². The summed E-state index contributed by atoms with van der Waals surface area (Å²) in [5.74, 6) is 1.88. The largest absolute Gasteiger partial charge is 0.455 e. The molecule has 0 amide bonds. The topological polar surface area (TPSA) is 56.7 Å². The SMILES string of the molecule is c1ccc(-c2nc(-c3ccccc3)nc(-c3ccc(-n4c5ccccc5c5ccc(-c6cccc7c6oc6ccccc67)cc54)cc3-c3ccccc3)n2)cc1. The zero-order chi connectivity index (χ0) is 37.0. The van der Waals surface area contributed by atoms with Gasteiger partial charge in [-0.2, -0.15) is 0 Å². The molecule has 5 heteroatoms. The Hall–Kier alpha value is -7.63. The summed E-state index contributed by atoms with van der Waals surface area (Å²) in [4.78, 5) is 15.2. The van der Waals surface area contributed by atoms with E-state index < -0.39 is 0 Å². The highest BCUT2D eigenvalue weighted by molar-refractivity contribution is 6.13. The van der Waals surface area contributed by atoms with E-state index in [0.717, 1.165) is 77.6 Å². The van der Waals surface area contributed by atoms with E-state index in [9.17, 15) is 0 Å². The number of rotatable bonds is 6. The van der Waals surface area contributed by atoms with Crippen LogP contribution >= 0.6 is 0 Å². The molecule has 0 aliphatic carbocycles. The maximum atomic E-state index is 6.49. The van der Waals surface area contributed by atoms with Crippen molar-refractivity contribution in [1.82, 2.24) is 19.5 Å². The van der Waals surface area contributed by atoms with Crippen molar-refractivity contribution < 1.29 is 4.42 Å². The number of hydrogen-bond donors (Lipinski definition) is 0. The van der Waals surface area contributed by atoms with Crippen LogP contribution in [0.15, 0.2) is 199 Å². The summed E-state index contributed by atoms with van der Waals surface area (Å²) in [7, 11) is 0. The third kappa shape index (κ3) is 5.29. The van der Waals surface area contributed by atoms with Crippen molar-refractivity contribution >= 4 is 43.7 Å². The fourth-order valence-electron chi connectivity index (χ4n) is 8.04. The minimum atomic E-state index is 0.617. The van der Waals surface area contributed by atoms with Gasteiger partial charge in [-0.25, -0.2) is 15.0 Å².